The molecule has 0 spiro atoms. The zero-order valence-corrected chi connectivity index (χ0v) is 10.4. The molecule has 0 atom stereocenters. The van der Waals surface area contributed by atoms with Crippen molar-refractivity contribution in [1.29, 1.82) is 0 Å². The average molecular weight is 256 g/mol. The normalized spacial score (nSPS) is 17.2. The molecule has 0 aliphatic carbocycles. The van der Waals surface area contributed by atoms with Crippen LogP contribution in [0.25, 0.3) is 0 Å². The van der Waals surface area contributed by atoms with Crippen molar-refractivity contribution in [2.75, 3.05) is 38.1 Å². The number of piperazine rings is 1. The van der Waals surface area contributed by atoms with E-state index in [1.165, 1.54) is 6.07 Å². The van der Waals surface area contributed by atoms with Crippen molar-refractivity contribution in [3.05, 3.63) is 33.3 Å². The number of nitro benzene ring substituents is 1. The van der Waals surface area contributed by atoms with E-state index in [9.17, 15) is 10.1 Å². The Hall–Kier alpha value is -1.33. The number of nitro groups is 1. The lowest BCUT2D eigenvalue weighted by atomic mass is 10.2. The van der Waals surface area contributed by atoms with Gasteiger partial charge >= 0.3 is 0 Å². The SMILES string of the molecule is CN1CCN(c2c(Cl)cccc2[N+](=O)[O-])CC1. The topological polar surface area (TPSA) is 49.6 Å². The molecule has 1 aliphatic heterocycles. The fourth-order valence-electron chi connectivity index (χ4n) is 1.99. The van der Waals surface area contributed by atoms with Crippen molar-refractivity contribution in [1.82, 2.24) is 4.90 Å². The van der Waals surface area contributed by atoms with E-state index in [0.717, 1.165) is 26.2 Å². The van der Waals surface area contributed by atoms with Gasteiger partial charge in [0, 0.05) is 32.2 Å². The van der Waals surface area contributed by atoms with Crippen LogP contribution in [0.15, 0.2) is 18.2 Å². The van der Waals surface area contributed by atoms with Crippen LogP contribution in [0.5, 0.6) is 0 Å². The molecule has 0 N–H and O–H groups in total. The third kappa shape index (κ3) is 2.50. The van der Waals surface area contributed by atoms with Crippen molar-refractivity contribution < 1.29 is 4.92 Å². The Morgan fingerprint density at radius 2 is 1.94 bits per heavy atom. The van der Waals surface area contributed by atoms with Crippen LogP contribution in [0, 0.1) is 10.1 Å². The first kappa shape index (κ1) is 12.1. The van der Waals surface area contributed by atoms with Gasteiger partial charge in [-0.25, -0.2) is 0 Å². The predicted molar refractivity (Wildman–Crippen MR) is 67.8 cm³/mol. The Morgan fingerprint density at radius 1 is 1.29 bits per heavy atom. The maximum atomic E-state index is 11.0. The van der Waals surface area contributed by atoms with Gasteiger partial charge in [-0.15, -0.1) is 0 Å². The van der Waals surface area contributed by atoms with E-state index in [1.807, 2.05) is 11.9 Å². The molecule has 1 heterocycles. The summed E-state index contributed by atoms with van der Waals surface area (Å²) in [5, 5.41) is 11.4. The maximum absolute atomic E-state index is 11.0. The average Bonchev–Trinajstić information content (AvgIpc) is 2.30. The molecule has 2 rings (SSSR count). The molecule has 92 valence electrons. The summed E-state index contributed by atoms with van der Waals surface area (Å²) in [7, 11) is 2.04. The smallest absolute Gasteiger partial charge is 0.294 e. The van der Waals surface area contributed by atoms with Crippen molar-refractivity contribution in [3.8, 4) is 0 Å². The summed E-state index contributed by atoms with van der Waals surface area (Å²) in [5.74, 6) is 0. The summed E-state index contributed by atoms with van der Waals surface area (Å²) in [5.41, 5.74) is 0.634. The second-order valence-corrected chi connectivity index (χ2v) is 4.56. The number of likely N-dealkylation sites (N-methyl/N-ethyl adjacent to an activating group) is 1. The number of para-hydroxylation sites is 1. The number of hydrogen-bond donors (Lipinski definition) is 0. The highest BCUT2D eigenvalue weighted by molar-refractivity contribution is 6.33. The zero-order valence-electron chi connectivity index (χ0n) is 9.60. The number of anilines is 1. The van der Waals surface area contributed by atoms with Gasteiger partial charge in [0.1, 0.15) is 5.69 Å². The van der Waals surface area contributed by atoms with Crippen molar-refractivity contribution in [2.45, 2.75) is 0 Å². The minimum Gasteiger partial charge on any atom is -0.362 e. The van der Waals surface area contributed by atoms with Gasteiger partial charge < -0.3 is 9.80 Å². The molecular formula is C11H14ClN3O2. The molecule has 0 amide bonds. The zero-order chi connectivity index (χ0) is 12.4. The van der Waals surface area contributed by atoms with Gasteiger partial charge in [0.25, 0.3) is 5.69 Å². The van der Waals surface area contributed by atoms with Crippen LogP contribution in [-0.4, -0.2) is 43.0 Å². The lowest BCUT2D eigenvalue weighted by Gasteiger charge is -2.34. The molecule has 17 heavy (non-hydrogen) atoms. The summed E-state index contributed by atoms with van der Waals surface area (Å²) < 4.78 is 0. The molecule has 0 bridgehead atoms. The van der Waals surface area contributed by atoms with Gasteiger partial charge in [-0.2, -0.15) is 0 Å². The maximum Gasteiger partial charge on any atom is 0.294 e. The fourth-order valence-corrected chi connectivity index (χ4v) is 2.28. The monoisotopic (exact) mass is 255 g/mol. The number of halogens is 1. The van der Waals surface area contributed by atoms with Gasteiger partial charge in [-0.05, 0) is 13.1 Å². The third-order valence-corrected chi connectivity index (χ3v) is 3.29. The second-order valence-electron chi connectivity index (χ2n) is 4.16. The van der Waals surface area contributed by atoms with Crippen molar-refractivity contribution >= 4 is 23.0 Å². The number of nitrogens with zero attached hydrogens (tertiary/aromatic N) is 3. The lowest BCUT2D eigenvalue weighted by molar-refractivity contribution is -0.384. The van der Waals surface area contributed by atoms with Crippen LogP contribution >= 0.6 is 11.6 Å². The quantitative estimate of drug-likeness (QED) is 0.599. The van der Waals surface area contributed by atoms with E-state index in [0.29, 0.717) is 10.7 Å². The predicted octanol–water partition coefficient (Wildman–Crippen LogP) is 2.00. The van der Waals surface area contributed by atoms with Crippen LogP contribution in [0.4, 0.5) is 11.4 Å². The molecule has 0 radical (unpaired) electrons. The first-order valence-electron chi connectivity index (χ1n) is 5.46. The molecule has 0 saturated carbocycles. The first-order chi connectivity index (χ1) is 8.09. The molecular weight excluding hydrogens is 242 g/mol. The molecule has 0 unspecified atom stereocenters. The highest BCUT2D eigenvalue weighted by Gasteiger charge is 2.24. The van der Waals surface area contributed by atoms with E-state index in [4.69, 9.17) is 11.6 Å². The molecule has 1 aliphatic rings. The summed E-state index contributed by atoms with van der Waals surface area (Å²) in [4.78, 5) is 14.8. The van der Waals surface area contributed by atoms with Gasteiger partial charge in [0.2, 0.25) is 0 Å². The van der Waals surface area contributed by atoms with Crippen LogP contribution in [0.1, 0.15) is 0 Å². The van der Waals surface area contributed by atoms with Gasteiger partial charge in [-0.3, -0.25) is 10.1 Å². The highest BCUT2D eigenvalue weighted by Crippen LogP contribution is 2.35. The van der Waals surface area contributed by atoms with Crippen molar-refractivity contribution in [3.63, 3.8) is 0 Å². The number of hydrogen-bond acceptors (Lipinski definition) is 4. The molecule has 1 fully saturated rings. The third-order valence-electron chi connectivity index (χ3n) is 2.98. The van der Waals surface area contributed by atoms with E-state index >= 15 is 0 Å². The Kier molecular flexibility index (Phi) is 3.49. The summed E-state index contributed by atoms with van der Waals surface area (Å²) >= 11 is 6.08. The van der Waals surface area contributed by atoms with Crippen LogP contribution in [-0.2, 0) is 0 Å². The minimum absolute atomic E-state index is 0.0852. The molecule has 1 saturated heterocycles. The second kappa shape index (κ2) is 4.89. The Bertz CT molecular complexity index is 431. The van der Waals surface area contributed by atoms with Crippen LogP contribution in [0.2, 0.25) is 5.02 Å². The lowest BCUT2D eigenvalue weighted by Crippen LogP contribution is -2.44. The number of benzene rings is 1. The summed E-state index contributed by atoms with van der Waals surface area (Å²) in [6, 6.07) is 4.81. The van der Waals surface area contributed by atoms with E-state index in [1.54, 1.807) is 12.1 Å². The molecule has 5 nitrogen and oxygen atoms in total. The summed E-state index contributed by atoms with van der Waals surface area (Å²) in [6.45, 7) is 3.31. The molecule has 6 heteroatoms. The van der Waals surface area contributed by atoms with Crippen LogP contribution < -0.4 is 4.90 Å². The largest absolute Gasteiger partial charge is 0.362 e. The first-order valence-corrected chi connectivity index (χ1v) is 5.84. The van der Waals surface area contributed by atoms with Gasteiger partial charge in [0.15, 0.2) is 0 Å². The fraction of sp³-hybridized carbons (Fsp3) is 0.455. The van der Waals surface area contributed by atoms with Crippen molar-refractivity contribution in [2.24, 2.45) is 0 Å². The molecule has 0 aromatic heterocycles. The van der Waals surface area contributed by atoms with E-state index in [-0.39, 0.29) is 10.6 Å². The highest BCUT2D eigenvalue weighted by atomic mass is 35.5. The Labute approximate surface area is 105 Å². The van der Waals surface area contributed by atoms with E-state index in [2.05, 4.69) is 4.90 Å². The molecule has 1 aromatic carbocycles. The Morgan fingerprint density at radius 3 is 2.53 bits per heavy atom. The Balaban J connectivity index is 2.33. The van der Waals surface area contributed by atoms with Gasteiger partial charge in [0.05, 0.1) is 9.95 Å². The van der Waals surface area contributed by atoms with Crippen LogP contribution in [0.3, 0.4) is 0 Å². The minimum atomic E-state index is -0.375. The summed E-state index contributed by atoms with van der Waals surface area (Å²) in [6.07, 6.45) is 0. The number of rotatable bonds is 2. The van der Waals surface area contributed by atoms with Gasteiger partial charge in [-0.1, -0.05) is 17.7 Å². The standard InChI is InChI=1S/C11H14ClN3O2/c1-13-5-7-14(8-6-13)11-9(12)3-2-4-10(11)15(16)17/h2-4H,5-8H2,1H3. The van der Waals surface area contributed by atoms with E-state index < -0.39 is 0 Å². The molecule has 1 aromatic rings.